The number of pyridine rings is 1. The van der Waals surface area contributed by atoms with Crippen molar-refractivity contribution in [2.75, 3.05) is 13.7 Å². The molecule has 3 heterocycles. The van der Waals surface area contributed by atoms with Crippen molar-refractivity contribution in [3.63, 3.8) is 0 Å². The van der Waals surface area contributed by atoms with Gasteiger partial charge in [-0.2, -0.15) is 5.10 Å². The molecule has 2 N–H and O–H groups in total. The second-order valence-electron chi connectivity index (χ2n) is 5.27. The lowest BCUT2D eigenvalue weighted by Gasteiger charge is -2.11. The molecule has 0 bridgehead atoms. The van der Waals surface area contributed by atoms with Gasteiger partial charge < -0.3 is 10.5 Å². The van der Waals surface area contributed by atoms with Crippen LogP contribution in [-0.2, 0) is 6.54 Å². The zero-order chi connectivity index (χ0) is 15.8. The highest BCUT2D eigenvalue weighted by Gasteiger charge is 2.16. The van der Waals surface area contributed by atoms with E-state index in [2.05, 4.69) is 21.5 Å². The summed E-state index contributed by atoms with van der Waals surface area (Å²) in [7, 11) is 1.69. The second-order valence-corrected chi connectivity index (χ2v) is 6.22. The average Bonchev–Trinajstić information content (AvgIpc) is 3.22. The Morgan fingerprint density at radius 2 is 2.17 bits per heavy atom. The third-order valence-corrected chi connectivity index (χ3v) is 4.78. The van der Waals surface area contributed by atoms with Crippen LogP contribution in [-0.4, -0.2) is 28.4 Å². The highest BCUT2D eigenvalue weighted by Crippen LogP contribution is 2.40. The van der Waals surface area contributed by atoms with Crippen LogP contribution in [0.2, 0.25) is 0 Å². The molecule has 116 valence electrons. The van der Waals surface area contributed by atoms with Crippen LogP contribution in [0.4, 0.5) is 0 Å². The number of methoxy groups -OCH3 is 1. The minimum atomic E-state index is 0.560. The third-order valence-electron chi connectivity index (χ3n) is 3.93. The Bertz CT molecular complexity index is 989. The highest BCUT2D eigenvalue weighted by molar-refractivity contribution is 7.17. The Morgan fingerprint density at radius 1 is 1.26 bits per heavy atom. The van der Waals surface area contributed by atoms with Gasteiger partial charge in [0.2, 0.25) is 0 Å². The van der Waals surface area contributed by atoms with E-state index in [0.29, 0.717) is 13.1 Å². The summed E-state index contributed by atoms with van der Waals surface area (Å²) in [5.74, 6) is 0.824. The van der Waals surface area contributed by atoms with Crippen LogP contribution in [0, 0.1) is 0 Å². The molecule has 0 unspecified atom stereocenters. The molecule has 0 amide bonds. The van der Waals surface area contributed by atoms with Gasteiger partial charge in [0.1, 0.15) is 5.75 Å². The van der Waals surface area contributed by atoms with Gasteiger partial charge in [0.05, 0.1) is 30.1 Å². The van der Waals surface area contributed by atoms with Crippen molar-refractivity contribution >= 4 is 32.3 Å². The van der Waals surface area contributed by atoms with Crippen molar-refractivity contribution in [3.05, 3.63) is 42.2 Å². The molecule has 0 saturated carbocycles. The van der Waals surface area contributed by atoms with E-state index < -0.39 is 0 Å². The first-order valence-electron chi connectivity index (χ1n) is 7.37. The van der Waals surface area contributed by atoms with E-state index in [-0.39, 0.29) is 0 Å². The van der Waals surface area contributed by atoms with Gasteiger partial charge >= 0.3 is 0 Å². The maximum atomic E-state index is 5.62. The monoisotopic (exact) mass is 324 g/mol. The van der Waals surface area contributed by atoms with Gasteiger partial charge in [-0.1, -0.05) is 0 Å². The Kier molecular flexibility index (Phi) is 3.48. The minimum Gasteiger partial charge on any atom is -0.496 e. The molecule has 0 radical (unpaired) electrons. The fourth-order valence-electron chi connectivity index (χ4n) is 2.91. The molecule has 0 aliphatic rings. The van der Waals surface area contributed by atoms with Crippen molar-refractivity contribution in [1.29, 1.82) is 0 Å². The number of nitrogens with zero attached hydrogens (tertiary/aromatic N) is 3. The summed E-state index contributed by atoms with van der Waals surface area (Å²) < 4.78 is 8.64. The first kappa shape index (κ1) is 14.2. The maximum absolute atomic E-state index is 5.62. The van der Waals surface area contributed by atoms with E-state index in [1.165, 1.54) is 10.1 Å². The summed E-state index contributed by atoms with van der Waals surface area (Å²) in [6.07, 6.45) is 5.80. The van der Waals surface area contributed by atoms with Crippen molar-refractivity contribution in [2.45, 2.75) is 6.54 Å². The molecule has 1 aromatic carbocycles. The zero-order valence-electron chi connectivity index (χ0n) is 12.7. The lowest BCUT2D eigenvalue weighted by Crippen LogP contribution is -2.09. The second kappa shape index (κ2) is 5.64. The fourth-order valence-corrected chi connectivity index (χ4v) is 3.67. The van der Waals surface area contributed by atoms with E-state index in [0.717, 1.165) is 27.8 Å². The van der Waals surface area contributed by atoms with Crippen LogP contribution in [0.15, 0.2) is 42.2 Å². The fraction of sp³-hybridized carbons (Fsp3) is 0.176. The van der Waals surface area contributed by atoms with Crippen molar-refractivity contribution in [1.82, 2.24) is 14.8 Å². The van der Waals surface area contributed by atoms with Gasteiger partial charge in [0.25, 0.3) is 0 Å². The number of nitrogens with two attached hydrogens (primary N) is 1. The predicted octanol–water partition coefficient (Wildman–Crippen LogP) is 3.28. The molecule has 0 atom stereocenters. The predicted molar refractivity (Wildman–Crippen MR) is 94.0 cm³/mol. The molecule has 5 nitrogen and oxygen atoms in total. The van der Waals surface area contributed by atoms with Gasteiger partial charge in [0, 0.05) is 40.8 Å². The molecule has 0 fully saturated rings. The third kappa shape index (κ3) is 2.27. The number of hydrogen-bond acceptors (Lipinski definition) is 5. The van der Waals surface area contributed by atoms with E-state index in [1.54, 1.807) is 18.4 Å². The molecule has 0 saturated heterocycles. The molecule has 4 aromatic rings. The molecule has 0 aliphatic heterocycles. The van der Waals surface area contributed by atoms with Crippen LogP contribution < -0.4 is 10.5 Å². The van der Waals surface area contributed by atoms with E-state index in [9.17, 15) is 0 Å². The number of benzene rings is 1. The lowest BCUT2D eigenvalue weighted by molar-refractivity contribution is 0.417. The van der Waals surface area contributed by atoms with E-state index in [4.69, 9.17) is 10.5 Å². The summed E-state index contributed by atoms with van der Waals surface area (Å²) in [4.78, 5) is 4.59. The SMILES string of the molecule is COc1ccc2ncc3sccc3c2c1-c1cnn(CCN)c1. The number of aromatic nitrogens is 3. The van der Waals surface area contributed by atoms with Crippen LogP contribution in [0.25, 0.3) is 32.1 Å². The summed E-state index contributed by atoms with van der Waals surface area (Å²) in [5, 5.41) is 8.79. The average molecular weight is 324 g/mol. The lowest BCUT2D eigenvalue weighted by atomic mass is 10.00. The largest absolute Gasteiger partial charge is 0.496 e. The van der Waals surface area contributed by atoms with Gasteiger partial charge in [0.15, 0.2) is 0 Å². The normalized spacial score (nSPS) is 11.4. The summed E-state index contributed by atoms with van der Waals surface area (Å²) >= 11 is 1.69. The first-order chi connectivity index (χ1) is 11.3. The van der Waals surface area contributed by atoms with Crippen molar-refractivity contribution in [3.8, 4) is 16.9 Å². The first-order valence-corrected chi connectivity index (χ1v) is 8.25. The number of rotatable bonds is 4. The highest BCUT2D eigenvalue weighted by atomic mass is 32.1. The van der Waals surface area contributed by atoms with Gasteiger partial charge in [-0.05, 0) is 23.6 Å². The topological polar surface area (TPSA) is 66.0 Å². The van der Waals surface area contributed by atoms with Crippen LogP contribution >= 0.6 is 11.3 Å². The Balaban J connectivity index is 2.06. The van der Waals surface area contributed by atoms with Crippen LogP contribution in [0.3, 0.4) is 0 Å². The van der Waals surface area contributed by atoms with E-state index in [1.807, 2.05) is 35.4 Å². The minimum absolute atomic E-state index is 0.560. The van der Waals surface area contributed by atoms with E-state index >= 15 is 0 Å². The summed E-state index contributed by atoms with van der Waals surface area (Å²) in [5.41, 5.74) is 8.63. The quantitative estimate of drug-likeness (QED) is 0.625. The molecule has 6 heteroatoms. The summed E-state index contributed by atoms with van der Waals surface area (Å²) in [6.45, 7) is 1.25. The van der Waals surface area contributed by atoms with Gasteiger partial charge in [-0.3, -0.25) is 9.67 Å². The number of hydrogen-bond donors (Lipinski definition) is 1. The Morgan fingerprint density at radius 3 is 3.00 bits per heavy atom. The molecule has 0 aliphatic carbocycles. The van der Waals surface area contributed by atoms with Gasteiger partial charge in [-0.15, -0.1) is 11.3 Å². The Labute approximate surface area is 137 Å². The van der Waals surface area contributed by atoms with Crippen molar-refractivity contribution < 1.29 is 4.74 Å². The molecule has 23 heavy (non-hydrogen) atoms. The number of ether oxygens (including phenoxy) is 1. The molecule has 0 spiro atoms. The smallest absolute Gasteiger partial charge is 0.127 e. The zero-order valence-corrected chi connectivity index (χ0v) is 13.5. The van der Waals surface area contributed by atoms with Crippen LogP contribution in [0.5, 0.6) is 5.75 Å². The molecular weight excluding hydrogens is 308 g/mol. The number of thiophene rings is 1. The molecule has 3 aromatic heterocycles. The van der Waals surface area contributed by atoms with Crippen LogP contribution in [0.1, 0.15) is 0 Å². The Hall–Kier alpha value is -2.44. The van der Waals surface area contributed by atoms with Gasteiger partial charge in [-0.25, -0.2) is 0 Å². The summed E-state index contributed by atoms with van der Waals surface area (Å²) in [6, 6.07) is 6.10. The molecule has 4 rings (SSSR count). The number of fused-ring (bicyclic) bond motifs is 3. The molecular formula is C17H16N4OS. The standard InChI is InChI=1S/C17H16N4OS/c1-22-14-3-2-13-17(12-4-7-23-15(12)9-19-13)16(14)11-8-20-21(10-11)6-5-18/h2-4,7-10H,5-6,18H2,1H3. The van der Waals surface area contributed by atoms with Crippen molar-refractivity contribution in [2.24, 2.45) is 5.73 Å². The maximum Gasteiger partial charge on any atom is 0.127 e.